The second-order valence-electron chi connectivity index (χ2n) is 5.52. The molecule has 1 fully saturated rings. The summed E-state index contributed by atoms with van der Waals surface area (Å²) in [4.78, 5) is 18.9. The van der Waals surface area contributed by atoms with Crippen LogP contribution in [0.1, 0.15) is 49.5 Å². The van der Waals surface area contributed by atoms with E-state index in [0.717, 1.165) is 44.5 Å². The van der Waals surface area contributed by atoms with Gasteiger partial charge in [-0.1, -0.05) is 25.8 Å². The summed E-state index contributed by atoms with van der Waals surface area (Å²) in [5.74, 6) is 0.661. The van der Waals surface area contributed by atoms with Gasteiger partial charge in [0, 0.05) is 13.1 Å². The fourth-order valence-electron chi connectivity index (χ4n) is 2.69. The van der Waals surface area contributed by atoms with Crippen molar-refractivity contribution >= 4 is 11.7 Å². The summed E-state index contributed by atoms with van der Waals surface area (Å²) in [5.41, 5.74) is 0.455. The van der Waals surface area contributed by atoms with Crippen molar-refractivity contribution in [2.45, 2.75) is 45.1 Å². The summed E-state index contributed by atoms with van der Waals surface area (Å²) in [5, 5.41) is 12.7. The van der Waals surface area contributed by atoms with Crippen LogP contribution in [0.15, 0.2) is 18.2 Å². The Kier molecular flexibility index (Phi) is 5.99. The van der Waals surface area contributed by atoms with E-state index in [9.17, 15) is 9.90 Å². The van der Waals surface area contributed by atoms with E-state index in [1.165, 1.54) is 0 Å². The van der Waals surface area contributed by atoms with Crippen molar-refractivity contribution in [2.24, 2.45) is 0 Å². The number of rotatable bonds is 5. The van der Waals surface area contributed by atoms with Gasteiger partial charge in [-0.3, -0.25) is 4.79 Å². The average molecular weight is 291 g/mol. The summed E-state index contributed by atoms with van der Waals surface area (Å²) in [6.07, 6.45) is 5.07. The number of carbonyl (C=O) groups is 1. The number of carbonyl (C=O) groups excluding carboxylic acids is 1. The number of pyridine rings is 1. The zero-order valence-corrected chi connectivity index (χ0v) is 12.7. The molecule has 1 unspecified atom stereocenters. The van der Waals surface area contributed by atoms with E-state index >= 15 is 0 Å². The van der Waals surface area contributed by atoms with Crippen molar-refractivity contribution in [1.29, 1.82) is 0 Å². The van der Waals surface area contributed by atoms with Crippen molar-refractivity contribution in [2.75, 3.05) is 25.0 Å². The Morgan fingerprint density at radius 1 is 1.43 bits per heavy atom. The molecule has 1 saturated heterocycles. The van der Waals surface area contributed by atoms with E-state index in [2.05, 4.69) is 17.2 Å². The lowest BCUT2D eigenvalue weighted by Gasteiger charge is -2.28. The van der Waals surface area contributed by atoms with E-state index in [1.54, 1.807) is 11.0 Å². The van der Waals surface area contributed by atoms with Gasteiger partial charge in [0.2, 0.25) is 0 Å². The van der Waals surface area contributed by atoms with E-state index in [-0.39, 0.29) is 18.6 Å². The van der Waals surface area contributed by atoms with Gasteiger partial charge in [-0.15, -0.1) is 0 Å². The molecule has 1 aliphatic heterocycles. The normalized spacial score (nSPS) is 19.1. The first-order valence-corrected chi connectivity index (χ1v) is 7.89. The molecule has 5 heteroatoms. The minimum Gasteiger partial charge on any atom is -0.394 e. The van der Waals surface area contributed by atoms with Crippen molar-refractivity contribution in [1.82, 2.24) is 9.88 Å². The maximum absolute atomic E-state index is 12.7. The Balaban J connectivity index is 2.13. The molecule has 1 aromatic rings. The van der Waals surface area contributed by atoms with E-state index in [4.69, 9.17) is 0 Å². The first-order valence-electron chi connectivity index (χ1n) is 7.89. The Morgan fingerprint density at radius 2 is 2.29 bits per heavy atom. The lowest BCUT2D eigenvalue weighted by atomic mass is 10.1. The highest BCUT2D eigenvalue weighted by molar-refractivity contribution is 5.93. The smallest absolute Gasteiger partial charge is 0.272 e. The minimum absolute atomic E-state index is 0.0273. The largest absolute Gasteiger partial charge is 0.394 e. The molecule has 1 amide bonds. The third kappa shape index (κ3) is 4.17. The molecule has 0 radical (unpaired) electrons. The molecule has 116 valence electrons. The number of hydrogen-bond acceptors (Lipinski definition) is 4. The van der Waals surface area contributed by atoms with Crippen LogP contribution in [0.3, 0.4) is 0 Å². The lowest BCUT2D eigenvalue weighted by Crippen LogP contribution is -2.42. The van der Waals surface area contributed by atoms with Gasteiger partial charge in [0.1, 0.15) is 11.5 Å². The lowest BCUT2D eigenvalue weighted by molar-refractivity contribution is 0.0594. The number of aromatic nitrogens is 1. The van der Waals surface area contributed by atoms with E-state index < -0.39 is 0 Å². The Labute approximate surface area is 126 Å². The second kappa shape index (κ2) is 7.98. The zero-order chi connectivity index (χ0) is 15.1. The monoisotopic (exact) mass is 291 g/mol. The highest BCUT2D eigenvalue weighted by atomic mass is 16.3. The molecule has 2 rings (SSSR count). The van der Waals surface area contributed by atoms with Gasteiger partial charge >= 0.3 is 0 Å². The summed E-state index contributed by atoms with van der Waals surface area (Å²) in [6, 6.07) is 5.40. The number of aliphatic hydroxyl groups is 1. The van der Waals surface area contributed by atoms with Crippen molar-refractivity contribution in [3.63, 3.8) is 0 Å². The van der Waals surface area contributed by atoms with Crippen LogP contribution in [0.25, 0.3) is 0 Å². The van der Waals surface area contributed by atoms with Crippen LogP contribution in [-0.2, 0) is 0 Å². The van der Waals surface area contributed by atoms with Gasteiger partial charge in [0.15, 0.2) is 0 Å². The molecule has 0 aromatic carbocycles. The Bertz CT molecular complexity index is 465. The third-order valence-corrected chi connectivity index (χ3v) is 3.87. The Hall–Kier alpha value is -1.62. The van der Waals surface area contributed by atoms with Gasteiger partial charge in [0.05, 0.1) is 12.6 Å². The maximum atomic E-state index is 12.7. The van der Waals surface area contributed by atoms with Crippen LogP contribution < -0.4 is 5.32 Å². The van der Waals surface area contributed by atoms with Crippen LogP contribution in [-0.4, -0.2) is 46.6 Å². The molecule has 21 heavy (non-hydrogen) atoms. The fraction of sp³-hybridized carbons (Fsp3) is 0.625. The maximum Gasteiger partial charge on any atom is 0.272 e. The zero-order valence-electron chi connectivity index (χ0n) is 12.7. The number of anilines is 1. The predicted molar refractivity (Wildman–Crippen MR) is 83.4 cm³/mol. The molecule has 0 saturated carbocycles. The minimum atomic E-state index is -0.0749. The first-order chi connectivity index (χ1) is 10.3. The van der Waals surface area contributed by atoms with Crippen LogP contribution in [0.5, 0.6) is 0 Å². The summed E-state index contributed by atoms with van der Waals surface area (Å²) >= 11 is 0. The molecule has 5 nitrogen and oxygen atoms in total. The second-order valence-corrected chi connectivity index (χ2v) is 5.52. The molecule has 1 atom stereocenters. The number of likely N-dealkylation sites (tertiary alicyclic amines) is 1. The molecule has 0 aliphatic carbocycles. The Morgan fingerprint density at radius 3 is 3.05 bits per heavy atom. The number of aliphatic hydroxyl groups excluding tert-OH is 1. The molecule has 0 spiro atoms. The number of amides is 1. The van der Waals surface area contributed by atoms with Gasteiger partial charge in [-0.25, -0.2) is 4.98 Å². The number of hydrogen-bond donors (Lipinski definition) is 2. The van der Waals surface area contributed by atoms with Gasteiger partial charge < -0.3 is 15.3 Å². The van der Waals surface area contributed by atoms with Crippen LogP contribution in [0.4, 0.5) is 5.82 Å². The predicted octanol–water partition coefficient (Wildman–Crippen LogP) is 2.28. The molecule has 2 N–H and O–H groups in total. The molecular weight excluding hydrogens is 266 g/mol. The summed E-state index contributed by atoms with van der Waals surface area (Å²) < 4.78 is 0. The molecule has 0 bridgehead atoms. The van der Waals surface area contributed by atoms with Gasteiger partial charge in [-0.2, -0.15) is 0 Å². The van der Waals surface area contributed by atoms with Crippen LogP contribution in [0.2, 0.25) is 0 Å². The standard InChI is InChI=1S/C16H25N3O2/c1-2-10-17-15-9-6-8-14(18-15)16(21)19-11-5-3-4-7-13(19)12-20/h6,8-9,13,20H,2-5,7,10-12H2,1H3,(H,17,18). The molecule has 1 aliphatic rings. The third-order valence-electron chi connectivity index (χ3n) is 3.87. The van der Waals surface area contributed by atoms with Crippen molar-refractivity contribution in [3.8, 4) is 0 Å². The quantitative estimate of drug-likeness (QED) is 0.873. The molecular formula is C16H25N3O2. The SMILES string of the molecule is CCCNc1cccc(C(=O)N2CCCCCC2CO)n1. The highest BCUT2D eigenvalue weighted by Gasteiger charge is 2.26. The molecule has 2 heterocycles. The van der Waals surface area contributed by atoms with Gasteiger partial charge in [-0.05, 0) is 31.4 Å². The highest BCUT2D eigenvalue weighted by Crippen LogP contribution is 2.19. The first kappa shape index (κ1) is 15.8. The fourth-order valence-corrected chi connectivity index (χ4v) is 2.69. The topological polar surface area (TPSA) is 65.5 Å². The van der Waals surface area contributed by atoms with E-state index in [1.807, 2.05) is 12.1 Å². The summed E-state index contributed by atoms with van der Waals surface area (Å²) in [7, 11) is 0. The van der Waals surface area contributed by atoms with Crippen LogP contribution in [0, 0.1) is 0 Å². The average Bonchev–Trinajstić information content (AvgIpc) is 2.77. The van der Waals surface area contributed by atoms with Crippen molar-refractivity contribution < 1.29 is 9.90 Å². The van der Waals surface area contributed by atoms with E-state index in [0.29, 0.717) is 12.2 Å². The number of nitrogens with one attached hydrogen (secondary N) is 1. The van der Waals surface area contributed by atoms with Gasteiger partial charge in [0.25, 0.3) is 5.91 Å². The molecule has 1 aromatic heterocycles. The number of nitrogens with zero attached hydrogens (tertiary/aromatic N) is 2. The van der Waals surface area contributed by atoms with Crippen molar-refractivity contribution in [3.05, 3.63) is 23.9 Å². The summed E-state index contributed by atoms with van der Waals surface area (Å²) in [6.45, 7) is 3.66. The van der Waals surface area contributed by atoms with Crippen LogP contribution >= 0.6 is 0 Å².